The third-order valence-electron chi connectivity index (χ3n) is 11.5. The van der Waals surface area contributed by atoms with E-state index < -0.39 is 0 Å². The molecule has 3 aliphatic heterocycles. The largest absolute Gasteiger partial charge is 0.486 e. The molecule has 10 nitrogen and oxygen atoms in total. The highest BCUT2D eigenvalue weighted by molar-refractivity contribution is 6.51. The van der Waals surface area contributed by atoms with Crippen LogP contribution in [-0.4, -0.2) is 117 Å². The minimum Gasteiger partial charge on any atom is -0.400 e. The second-order valence-electron chi connectivity index (χ2n) is 16.4. The first kappa shape index (κ1) is 44.0. The number of nitrogens with zero attached hydrogens (tertiary/aromatic N) is 6. The summed E-state index contributed by atoms with van der Waals surface area (Å²) in [6.07, 6.45) is 12.8. The molecule has 0 amide bonds. The summed E-state index contributed by atoms with van der Waals surface area (Å²) in [6, 6.07) is 29.9. The summed E-state index contributed by atoms with van der Waals surface area (Å²) < 4.78 is 23.0. The molecule has 2 aromatic heterocycles. The zero-order valence-electron chi connectivity index (χ0n) is 35.7. The van der Waals surface area contributed by atoms with Gasteiger partial charge in [0.2, 0.25) is 0 Å². The zero-order chi connectivity index (χ0) is 41.3. The molecule has 0 atom stereocenters. The number of hydrogen-bond donors (Lipinski definition) is 0. The molecule has 3 saturated heterocycles. The topological polar surface area (TPSA) is 75.7 Å². The summed E-state index contributed by atoms with van der Waals surface area (Å²) in [7, 11) is -0.314. The van der Waals surface area contributed by atoms with Crippen LogP contribution in [0.15, 0.2) is 109 Å². The smallest absolute Gasteiger partial charge is 0.400 e. The number of hydrogen-bond acceptors (Lipinski definition) is 10. The summed E-state index contributed by atoms with van der Waals surface area (Å²) in [5.74, 6) is 6.54. The molecule has 7 rings (SSSR count). The number of terminal acetylenes is 1. The third kappa shape index (κ3) is 13.8. The molecular formula is C48H63BN6O4. The van der Waals surface area contributed by atoms with Crippen LogP contribution >= 0.6 is 0 Å². The van der Waals surface area contributed by atoms with Gasteiger partial charge in [-0.15, -0.1) is 6.42 Å². The molecule has 5 heterocycles. The lowest BCUT2D eigenvalue weighted by Crippen LogP contribution is -2.46. The van der Waals surface area contributed by atoms with Crippen molar-refractivity contribution in [1.29, 1.82) is 0 Å². The van der Waals surface area contributed by atoms with Crippen LogP contribution in [0.5, 0.6) is 0 Å². The van der Waals surface area contributed by atoms with Crippen molar-refractivity contribution >= 4 is 18.8 Å². The van der Waals surface area contributed by atoms with Crippen LogP contribution in [0.2, 0.25) is 0 Å². The molecule has 0 aliphatic carbocycles. The normalized spacial score (nSPS) is 18.1. The quantitative estimate of drug-likeness (QED) is 0.0692. The number of aromatic nitrogens is 2. The minimum absolute atomic E-state index is 0.308. The monoisotopic (exact) mass is 799 g/mol. The number of ether oxygens (including phenoxy) is 2. The van der Waals surface area contributed by atoms with Gasteiger partial charge in [0.25, 0.3) is 0 Å². The lowest BCUT2D eigenvalue weighted by atomic mass is 9.90. The molecule has 4 aromatic rings. The van der Waals surface area contributed by atoms with E-state index in [2.05, 4.69) is 143 Å². The molecule has 0 unspecified atom stereocenters. The second-order valence-corrected chi connectivity index (χ2v) is 16.4. The summed E-state index contributed by atoms with van der Waals surface area (Å²) in [5.41, 5.74) is 4.52. The molecule has 0 spiro atoms. The Morgan fingerprint density at radius 3 is 1.51 bits per heavy atom. The number of anilines is 2. The van der Waals surface area contributed by atoms with Gasteiger partial charge in [-0.1, -0.05) is 90.8 Å². The molecule has 3 aliphatic rings. The second kappa shape index (κ2) is 22.2. The first-order chi connectivity index (χ1) is 28.7. The van der Waals surface area contributed by atoms with E-state index in [9.17, 15) is 0 Å². The molecule has 0 bridgehead atoms. The standard InChI is InChI=1S/C27H38BN3O3.C21H25N3O/c1-26(2)27(3,4)34-28(33-26)14-8-19-32-20-13-23-11-12-25(29-21-23)31-17-15-30(16-18-31)22-24-9-6-5-7-10-24;1-2-15-25-16-10-19-8-9-21(22-17-19)24-13-11-23(12-14-24)18-20-6-4-3-5-7-20/h5-12,14,21H,13,15-20,22H2,1-4H3;1,3-9,17H,10-16,18H2/b14-8+;. The molecule has 0 N–H and O–H groups in total. The molecule has 11 heteroatoms. The van der Waals surface area contributed by atoms with Crippen molar-refractivity contribution in [2.45, 2.75) is 64.8 Å². The van der Waals surface area contributed by atoms with Crippen molar-refractivity contribution in [2.24, 2.45) is 0 Å². The van der Waals surface area contributed by atoms with Crippen molar-refractivity contribution in [3.05, 3.63) is 132 Å². The summed E-state index contributed by atoms with van der Waals surface area (Å²) in [5, 5.41) is 0. The highest BCUT2D eigenvalue weighted by Crippen LogP contribution is 2.36. The lowest BCUT2D eigenvalue weighted by molar-refractivity contribution is 0.00578. The van der Waals surface area contributed by atoms with E-state index in [1.807, 2.05) is 24.4 Å². The van der Waals surface area contributed by atoms with Gasteiger partial charge in [-0.2, -0.15) is 0 Å². The van der Waals surface area contributed by atoms with Gasteiger partial charge in [0.15, 0.2) is 0 Å². The summed E-state index contributed by atoms with van der Waals surface area (Å²) >= 11 is 0. The Bertz CT molecular complexity index is 1860. The molecule has 3 fully saturated rings. The Morgan fingerprint density at radius 2 is 1.08 bits per heavy atom. The van der Waals surface area contributed by atoms with Crippen LogP contribution < -0.4 is 9.80 Å². The number of pyridine rings is 2. The average Bonchev–Trinajstić information content (AvgIpc) is 3.47. The van der Waals surface area contributed by atoms with Gasteiger partial charge < -0.3 is 28.6 Å². The van der Waals surface area contributed by atoms with E-state index in [1.165, 1.54) is 22.3 Å². The highest BCUT2D eigenvalue weighted by Gasteiger charge is 2.50. The van der Waals surface area contributed by atoms with E-state index in [1.54, 1.807) is 0 Å². The van der Waals surface area contributed by atoms with Gasteiger partial charge in [0, 0.05) is 77.8 Å². The first-order valence-corrected chi connectivity index (χ1v) is 21.2. The minimum atomic E-state index is -0.314. The summed E-state index contributed by atoms with van der Waals surface area (Å²) in [6.45, 7) is 20.8. The lowest BCUT2D eigenvalue weighted by Gasteiger charge is -2.35. The Hall–Kier alpha value is -4.54. The Morgan fingerprint density at radius 1 is 0.627 bits per heavy atom. The molecule has 312 valence electrons. The number of rotatable bonds is 16. The van der Waals surface area contributed by atoms with Gasteiger partial charge >= 0.3 is 7.12 Å². The molecule has 59 heavy (non-hydrogen) atoms. The predicted molar refractivity (Wildman–Crippen MR) is 239 cm³/mol. The average molecular weight is 799 g/mol. The van der Waals surface area contributed by atoms with E-state index in [0.29, 0.717) is 26.4 Å². The maximum atomic E-state index is 5.95. The van der Waals surface area contributed by atoms with Gasteiger partial charge in [-0.05, 0) is 74.9 Å². The number of benzene rings is 2. The van der Waals surface area contributed by atoms with E-state index >= 15 is 0 Å². The van der Waals surface area contributed by atoms with Gasteiger partial charge in [0.1, 0.15) is 18.2 Å². The first-order valence-electron chi connectivity index (χ1n) is 21.2. The maximum Gasteiger partial charge on any atom is 0.486 e. The predicted octanol–water partition coefficient (Wildman–Crippen LogP) is 6.75. The van der Waals surface area contributed by atoms with Gasteiger partial charge in [-0.25, -0.2) is 9.97 Å². The van der Waals surface area contributed by atoms with E-state index in [0.717, 1.165) is 89.9 Å². The highest BCUT2D eigenvalue weighted by atomic mass is 16.7. The van der Waals surface area contributed by atoms with Crippen molar-refractivity contribution in [3.63, 3.8) is 0 Å². The fraction of sp³-hybridized carbons (Fsp3) is 0.458. The Balaban J connectivity index is 0.000000208. The fourth-order valence-corrected chi connectivity index (χ4v) is 7.25. The van der Waals surface area contributed by atoms with Crippen LogP contribution in [0, 0.1) is 12.3 Å². The SMILES string of the molecule is C#CCOCCc1ccc(N2CCN(Cc3ccccc3)CC2)nc1.CC1(C)OB(/C=C/COCCc2ccc(N3CCN(Cc4ccccc4)CC3)nc2)OC1(C)C. The van der Waals surface area contributed by atoms with Crippen molar-refractivity contribution in [3.8, 4) is 12.3 Å². The van der Waals surface area contributed by atoms with Gasteiger partial charge in [-0.3, -0.25) is 9.80 Å². The fourth-order valence-electron chi connectivity index (χ4n) is 7.25. The summed E-state index contributed by atoms with van der Waals surface area (Å²) in [4.78, 5) is 19.1. The van der Waals surface area contributed by atoms with Crippen LogP contribution in [0.25, 0.3) is 0 Å². The van der Waals surface area contributed by atoms with Gasteiger partial charge in [0.05, 0.1) is 31.0 Å². The van der Waals surface area contributed by atoms with Crippen LogP contribution in [-0.2, 0) is 44.7 Å². The van der Waals surface area contributed by atoms with E-state index in [4.69, 9.17) is 30.2 Å². The Kier molecular flexibility index (Phi) is 16.5. The van der Waals surface area contributed by atoms with Crippen molar-refractivity contribution in [1.82, 2.24) is 19.8 Å². The molecular weight excluding hydrogens is 735 g/mol. The van der Waals surface area contributed by atoms with Crippen LogP contribution in [0.1, 0.15) is 49.9 Å². The van der Waals surface area contributed by atoms with Crippen molar-refractivity contribution in [2.75, 3.05) is 88.6 Å². The molecule has 2 aromatic carbocycles. The van der Waals surface area contributed by atoms with Crippen LogP contribution in [0.3, 0.4) is 0 Å². The zero-order valence-corrected chi connectivity index (χ0v) is 35.7. The molecule has 0 radical (unpaired) electrons. The van der Waals surface area contributed by atoms with E-state index in [-0.39, 0.29) is 18.3 Å². The number of piperazine rings is 2. The molecule has 0 saturated carbocycles. The van der Waals surface area contributed by atoms with Crippen molar-refractivity contribution < 1.29 is 18.8 Å². The Labute approximate surface area is 353 Å². The maximum absolute atomic E-state index is 5.95. The van der Waals surface area contributed by atoms with Crippen LogP contribution in [0.4, 0.5) is 11.6 Å². The third-order valence-corrected chi connectivity index (χ3v) is 11.5.